The van der Waals surface area contributed by atoms with Gasteiger partial charge in [-0.2, -0.15) is 10.5 Å². The Kier molecular flexibility index (Phi) is 11.3. The van der Waals surface area contributed by atoms with Crippen LogP contribution in [0.4, 0.5) is 0 Å². The van der Waals surface area contributed by atoms with Crippen molar-refractivity contribution in [3.8, 4) is 12.1 Å². The third-order valence-corrected chi connectivity index (χ3v) is 3.12. The van der Waals surface area contributed by atoms with Crippen LogP contribution in [0.1, 0.15) is 38.5 Å². The molecular weight excluding hydrogens is 288 g/mol. The number of rotatable bonds is 0. The monoisotopic (exact) mass is 310 g/mol. The van der Waals surface area contributed by atoms with E-state index in [1.54, 1.807) is 0 Å². The van der Waals surface area contributed by atoms with Crippen molar-refractivity contribution in [1.82, 2.24) is 10.6 Å². The molecule has 2 unspecified atom stereocenters. The zero-order valence-corrected chi connectivity index (χ0v) is 12.4. The molecule has 0 radical (unpaired) electrons. The summed E-state index contributed by atoms with van der Waals surface area (Å²) in [5, 5.41) is 37.8. The van der Waals surface area contributed by atoms with Gasteiger partial charge < -0.3 is 20.8 Å². The third-order valence-electron chi connectivity index (χ3n) is 3.12. The zero-order chi connectivity index (χ0) is 16.8. The number of hydrogen-bond donors (Lipinski definition) is 4. The van der Waals surface area contributed by atoms with E-state index in [0.29, 0.717) is 0 Å². The number of carboxylic acid groups (broad SMARTS) is 2. The molecule has 2 saturated heterocycles. The Morgan fingerprint density at radius 1 is 0.818 bits per heavy atom. The van der Waals surface area contributed by atoms with Crippen LogP contribution in [0.2, 0.25) is 0 Å². The predicted octanol–water partition coefficient (Wildman–Crippen LogP) is 0.460. The van der Waals surface area contributed by atoms with Crippen LogP contribution in [0.25, 0.3) is 0 Å². The highest BCUT2D eigenvalue weighted by Gasteiger charge is 2.10. The number of aliphatic carboxylic acids is 2. The molecule has 4 N–H and O–H groups in total. The Balaban J connectivity index is 0.000000306. The minimum absolute atomic E-state index is 0.142. The summed E-state index contributed by atoms with van der Waals surface area (Å²) < 4.78 is 0. The summed E-state index contributed by atoms with van der Waals surface area (Å²) in [6.45, 7) is 2.05. The Morgan fingerprint density at radius 2 is 1.18 bits per heavy atom. The van der Waals surface area contributed by atoms with E-state index in [0.717, 1.165) is 25.9 Å². The molecule has 0 spiro atoms. The summed E-state index contributed by atoms with van der Waals surface area (Å²) in [4.78, 5) is 18.2. The van der Waals surface area contributed by atoms with Gasteiger partial charge in [-0.1, -0.05) is 0 Å². The van der Waals surface area contributed by atoms with E-state index < -0.39 is 11.9 Å². The molecule has 2 fully saturated rings. The number of carboxylic acids is 2. The van der Waals surface area contributed by atoms with E-state index in [1.165, 1.54) is 25.7 Å². The lowest BCUT2D eigenvalue weighted by Crippen LogP contribution is -2.32. The van der Waals surface area contributed by atoms with Gasteiger partial charge >= 0.3 is 11.9 Å². The first kappa shape index (κ1) is 19.8. The van der Waals surface area contributed by atoms with Crippen LogP contribution in [0, 0.1) is 22.7 Å². The van der Waals surface area contributed by atoms with E-state index in [-0.39, 0.29) is 12.1 Å². The number of nitrogens with one attached hydrogen (secondary N) is 2. The summed E-state index contributed by atoms with van der Waals surface area (Å²) in [7, 11) is 0. The van der Waals surface area contributed by atoms with E-state index in [2.05, 4.69) is 22.8 Å². The minimum Gasteiger partial charge on any atom is -0.473 e. The van der Waals surface area contributed by atoms with Crippen molar-refractivity contribution in [1.29, 1.82) is 10.5 Å². The van der Waals surface area contributed by atoms with Gasteiger partial charge in [0.2, 0.25) is 0 Å². The standard InChI is InChI=1S/2C6H10N2.C2H2O4/c2*7-5-6-3-1-2-4-8-6;3-1(4)2(5)6/h2*6,8H,1-4H2;(H,3,4)(H,5,6). The average molecular weight is 310 g/mol. The lowest BCUT2D eigenvalue weighted by atomic mass is 10.1. The summed E-state index contributed by atoms with van der Waals surface area (Å²) in [5.74, 6) is -3.65. The lowest BCUT2D eigenvalue weighted by molar-refractivity contribution is -0.159. The Morgan fingerprint density at radius 3 is 1.32 bits per heavy atom. The molecule has 22 heavy (non-hydrogen) atoms. The first-order valence-corrected chi connectivity index (χ1v) is 7.23. The number of hydrogen-bond acceptors (Lipinski definition) is 6. The topological polar surface area (TPSA) is 146 Å². The highest BCUT2D eigenvalue weighted by molar-refractivity contribution is 6.27. The molecule has 0 amide bonds. The van der Waals surface area contributed by atoms with E-state index >= 15 is 0 Å². The van der Waals surface area contributed by atoms with Crippen molar-refractivity contribution in [2.24, 2.45) is 0 Å². The van der Waals surface area contributed by atoms with Crippen LogP contribution in [0.15, 0.2) is 0 Å². The van der Waals surface area contributed by atoms with Gasteiger partial charge in [-0.25, -0.2) is 9.59 Å². The van der Waals surface area contributed by atoms with Crippen LogP contribution >= 0.6 is 0 Å². The largest absolute Gasteiger partial charge is 0.473 e. The smallest absolute Gasteiger partial charge is 0.414 e. The van der Waals surface area contributed by atoms with Gasteiger partial charge in [0.1, 0.15) is 0 Å². The molecule has 0 aromatic carbocycles. The number of carbonyl (C=O) groups is 2. The molecule has 8 nitrogen and oxygen atoms in total. The van der Waals surface area contributed by atoms with Crippen molar-refractivity contribution in [2.75, 3.05) is 13.1 Å². The van der Waals surface area contributed by atoms with Crippen molar-refractivity contribution >= 4 is 11.9 Å². The van der Waals surface area contributed by atoms with Gasteiger partial charge in [0.25, 0.3) is 0 Å². The van der Waals surface area contributed by atoms with Gasteiger partial charge in [0.15, 0.2) is 0 Å². The highest BCUT2D eigenvalue weighted by Crippen LogP contribution is 2.05. The number of piperidine rings is 2. The molecule has 2 atom stereocenters. The summed E-state index contributed by atoms with van der Waals surface area (Å²) in [6, 6.07) is 4.67. The fourth-order valence-corrected chi connectivity index (χ4v) is 1.92. The maximum atomic E-state index is 9.10. The molecule has 2 aliphatic heterocycles. The Hall–Kier alpha value is -2.16. The minimum atomic E-state index is -1.82. The fraction of sp³-hybridized carbons (Fsp3) is 0.714. The second-order valence-electron chi connectivity index (χ2n) is 4.87. The SMILES string of the molecule is N#CC1CCCCN1.N#CC1CCCCN1.O=C(O)C(=O)O. The number of nitriles is 2. The van der Waals surface area contributed by atoms with Gasteiger partial charge in [0.05, 0.1) is 24.2 Å². The zero-order valence-electron chi connectivity index (χ0n) is 12.4. The van der Waals surface area contributed by atoms with Crippen LogP contribution < -0.4 is 10.6 Å². The van der Waals surface area contributed by atoms with Crippen LogP contribution in [-0.4, -0.2) is 47.3 Å². The Bertz CT molecular complexity index is 376. The van der Waals surface area contributed by atoms with Crippen LogP contribution in [0.3, 0.4) is 0 Å². The van der Waals surface area contributed by atoms with Crippen LogP contribution in [-0.2, 0) is 9.59 Å². The van der Waals surface area contributed by atoms with Crippen molar-refractivity contribution < 1.29 is 19.8 Å². The fourth-order valence-electron chi connectivity index (χ4n) is 1.92. The van der Waals surface area contributed by atoms with Crippen molar-refractivity contribution in [3.63, 3.8) is 0 Å². The maximum absolute atomic E-state index is 9.10. The maximum Gasteiger partial charge on any atom is 0.414 e. The summed E-state index contributed by atoms with van der Waals surface area (Å²) >= 11 is 0. The summed E-state index contributed by atoms with van der Waals surface area (Å²) in [5.41, 5.74) is 0. The molecule has 2 aliphatic rings. The van der Waals surface area contributed by atoms with Gasteiger partial charge in [-0.15, -0.1) is 0 Å². The highest BCUT2D eigenvalue weighted by atomic mass is 16.4. The molecule has 0 aromatic rings. The van der Waals surface area contributed by atoms with Gasteiger partial charge in [-0.05, 0) is 51.6 Å². The molecule has 0 bridgehead atoms. The normalized spacial score (nSPS) is 23.2. The molecule has 0 aliphatic carbocycles. The second-order valence-corrected chi connectivity index (χ2v) is 4.87. The molecule has 122 valence electrons. The van der Waals surface area contributed by atoms with Crippen molar-refractivity contribution in [2.45, 2.75) is 50.6 Å². The van der Waals surface area contributed by atoms with E-state index in [4.69, 9.17) is 30.3 Å². The summed E-state index contributed by atoms with van der Waals surface area (Å²) in [6.07, 6.45) is 6.97. The molecule has 0 aromatic heterocycles. The van der Waals surface area contributed by atoms with Crippen LogP contribution in [0.5, 0.6) is 0 Å². The first-order valence-electron chi connectivity index (χ1n) is 7.23. The first-order chi connectivity index (χ1) is 10.5. The predicted molar refractivity (Wildman–Crippen MR) is 77.8 cm³/mol. The molecule has 2 heterocycles. The van der Waals surface area contributed by atoms with E-state index in [9.17, 15) is 0 Å². The molecular formula is C14H22N4O4. The van der Waals surface area contributed by atoms with Gasteiger partial charge in [-0.3, -0.25) is 0 Å². The average Bonchev–Trinajstić information content (AvgIpc) is 2.57. The van der Waals surface area contributed by atoms with Crippen molar-refractivity contribution in [3.05, 3.63) is 0 Å². The Labute approximate surface area is 129 Å². The molecule has 2 rings (SSSR count). The lowest BCUT2D eigenvalue weighted by Gasteiger charge is -2.15. The number of nitrogens with zero attached hydrogens (tertiary/aromatic N) is 2. The third kappa shape index (κ3) is 10.6. The van der Waals surface area contributed by atoms with Gasteiger partial charge in [0, 0.05) is 0 Å². The van der Waals surface area contributed by atoms with E-state index in [1.807, 2.05) is 0 Å². The molecule has 8 heteroatoms. The second kappa shape index (κ2) is 12.6. The quantitative estimate of drug-likeness (QED) is 0.472. The molecule has 0 saturated carbocycles.